The average Bonchev–Trinajstić information content (AvgIpc) is 2.77. The van der Waals surface area contributed by atoms with Crippen molar-refractivity contribution >= 4 is 18.2 Å². The molecule has 0 bridgehead atoms. The molecule has 1 heteroatoms. The summed E-state index contributed by atoms with van der Waals surface area (Å²) in [5.74, 6) is 0.846. The molecule has 0 radical (unpaired) electrons. The highest BCUT2D eigenvalue weighted by atomic mass is 16.5. The maximum Gasteiger partial charge on any atom is 0.120 e. The third-order valence-corrected chi connectivity index (χ3v) is 5.17. The van der Waals surface area contributed by atoms with E-state index in [1.54, 1.807) is 6.08 Å². The molecular formula is C30H34O. The molecule has 0 atom stereocenters. The maximum absolute atomic E-state index is 6.14. The van der Waals surface area contributed by atoms with Crippen LogP contribution in [0.2, 0.25) is 0 Å². The van der Waals surface area contributed by atoms with Crippen LogP contribution in [0, 0.1) is 0 Å². The summed E-state index contributed by atoms with van der Waals surface area (Å²) in [4.78, 5) is 0. The van der Waals surface area contributed by atoms with Gasteiger partial charge >= 0.3 is 0 Å². The van der Waals surface area contributed by atoms with E-state index >= 15 is 0 Å². The van der Waals surface area contributed by atoms with E-state index in [0.29, 0.717) is 6.61 Å². The molecule has 0 unspecified atom stereocenters. The van der Waals surface area contributed by atoms with Crippen LogP contribution >= 0.6 is 0 Å². The molecule has 2 aromatic carbocycles. The van der Waals surface area contributed by atoms with Crippen molar-refractivity contribution in [2.24, 2.45) is 0 Å². The van der Waals surface area contributed by atoms with Crippen LogP contribution in [0.1, 0.15) is 44.7 Å². The Balaban J connectivity index is 2.29. The lowest BCUT2D eigenvalue weighted by molar-refractivity contribution is 0.306. The Hall–Kier alpha value is -3.32. The van der Waals surface area contributed by atoms with Crippen LogP contribution < -0.4 is 15.2 Å². The first-order chi connectivity index (χ1) is 14.8. The van der Waals surface area contributed by atoms with Crippen molar-refractivity contribution in [3.8, 4) is 5.75 Å². The Bertz CT molecular complexity index is 1120. The predicted octanol–water partition coefficient (Wildman–Crippen LogP) is 6.90. The third-order valence-electron chi connectivity index (χ3n) is 5.17. The minimum Gasteiger partial charge on any atom is -0.489 e. The van der Waals surface area contributed by atoms with Gasteiger partial charge in [0.2, 0.25) is 0 Å². The fourth-order valence-corrected chi connectivity index (χ4v) is 3.23. The van der Waals surface area contributed by atoms with Crippen molar-refractivity contribution in [1.82, 2.24) is 0 Å². The summed E-state index contributed by atoms with van der Waals surface area (Å²) in [6, 6.07) is 14.5. The Morgan fingerprint density at radius 2 is 1.81 bits per heavy atom. The molecule has 0 saturated carbocycles. The zero-order valence-electron chi connectivity index (χ0n) is 19.2. The largest absolute Gasteiger partial charge is 0.489 e. The second-order valence-electron chi connectivity index (χ2n) is 7.92. The van der Waals surface area contributed by atoms with E-state index in [-0.39, 0.29) is 0 Å². The van der Waals surface area contributed by atoms with Gasteiger partial charge in [-0.3, -0.25) is 0 Å². The van der Waals surface area contributed by atoms with Crippen LogP contribution in [0.25, 0.3) is 18.2 Å². The fourth-order valence-electron chi connectivity index (χ4n) is 3.23. The first-order valence-corrected chi connectivity index (χ1v) is 10.6. The van der Waals surface area contributed by atoms with Crippen molar-refractivity contribution in [1.29, 1.82) is 0 Å². The standard InChI is InChI=1S/C30H34O/c1-8-10-14-30(25(7)23(5)9-2)28-12-11-13-29(20-28)31-21-26-17-16-24(6)27(19-26)18-15-22(3)4/h8-9,11-13,15-20H,1-2,5-6,10,14,21H2,3-4,7H3. The van der Waals surface area contributed by atoms with Crippen LogP contribution in [-0.4, -0.2) is 0 Å². The molecule has 0 N–H and O–H groups in total. The molecule has 2 rings (SSSR count). The van der Waals surface area contributed by atoms with Crippen LogP contribution in [0.3, 0.4) is 0 Å². The van der Waals surface area contributed by atoms with E-state index in [1.165, 1.54) is 11.1 Å². The lowest BCUT2D eigenvalue weighted by Gasteiger charge is -2.14. The molecule has 1 nitrogen and oxygen atoms in total. The summed E-state index contributed by atoms with van der Waals surface area (Å²) in [6.45, 7) is 22.8. The van der Waals surface area contributed by atoms with Crippen molar-refractivity contribution in [3.05, 3.63) is 119 Å². The Morgan fingerprint density at radius 3 is 2.48 bits per heavy atom. The lowest BCUT2D eigenvalue weighted by atomic mass is 9.93. The first kappa shape index (κ1) is 24.0. The quantitative estimate of drug-likeness (QED) is 0.306. The van der Waals surface area contributed by atoms with Gasteiger partial charge in [-0.1, -0.05) is 73.9 Å². The second-order valence-corrected chi connectivity index (χ2v) is 7.92. The minimum atomic E-state index is 0.503. The molecule has 0 aliphatic heterocycles. The van der Waals surface area contributed by atoms with Crippen molar-refractivity contribution in [2.45, 2.75) is 40.2 Å². The van der Waals surface area contributed by atoms with Crippen LogP contribution in [0.5, 0.6) is 5.75 Å². The monoisotopic (exact) mass is 410 g/mol. The highest BCUT2D eigenvalue weighted by Crippen LogP contribution is 2.30. The summed E-state index contributed by atoms with van der Waals surface area (Å²) >= 11 is 0. The van der Waals surface area contributed by atoms with Crippen molar-refractivity contribution in [3.63, 3.8) is 0 Å². The summed E-state index contributed by atoms with van der Waals surface area (Å²) in [5.41, 5.74) is 6.86. The summed E-state index contributed by atoms with van der Waals surface area (Å²) in [6.07, 6.45) is 9.77. The van der Waals surface area contributed by atoms with E-state index in [0.717, 1.165) is 51.3 Å². The Kier molecular flexibility index (Phi) is 9.09. The van der Waals surface area contributed by atoms with Crippen molar-refractivity contribution in [2.75, 3.05) is 0 Å². The number of hydrogen-bond donors (Lipinski definition) is 0. The minimum absolute atomic E-state index is 0.503. The van der Waals surface area contributed by atoms with Crippen LogP contribution in [0.15, 0.2) is 97.1 Å². The molecule has 0 aliphatic carbocycles. The van der Waals surface area contributed by atoms with E-state index < -0.39 is 0 Å². The van der Waals surface area contributed by atoms with Gasteiger partial charge in [0.15, 0.2) is 0 Å². The second kappa shape index (κ2) is 11.8. The number of rotatable bonds is 10. The van der Waals surface area contributed by atoms with E-state index in [1.807, 2.05) is 24.3 Å². The lowest BCUT2D eigenvalue weighted by Crippen LogP contribution is -2.23. The molecule has 0 heterocycles. The van der Waals surface area contributed by atoms with Gasteiger partial charge < -0.3 is 4.74 Å². The van der Waals surface area contributed by atoms with Gasteiger partial charge in [-0.25, -0.2) is 0 Å². The number of ether oxygens (including phenoxy) is 1. The SMILES string of the molecule is C=CCCC(=C(C)C(=C)C=C)c1cccc(OCc2ccc(=C)c(=CC=C(C)C)c2)c1. The highest BCUT2D eigenvalue weighted by Gasteiger charge is 2.08. The van der Waals surface area contributed by atoms with Gasteiger partial charge in [0.05, 0.1) is 0 Å². The molecule has 2 aromatic rings. The molecule has 0 aliphatic rings. The number of hydrogen-bond acceptors (Lipinski definition) is 1. The third kappa shape index (κ3) is 7.15. The van der Waals surface area contributed by atoms with E-state index in [4.69, 9.17) is 4.74 Å². The zero-order chi connectivity index (χ0) is 22.8. The van der Waals surface area contributed by atoms with Gasteiger partial charge in [0, 0.05) is 0 Å². The Morgan fingerprint density at radius 1 is 1.03 bits per heavy atom. The number of benzene rings is 2. The van der Waals surface area contributed by atoms with Gasteiger partial charge in [-0.05, 0) is 90.1 Å². The molecule has 0 saturated heterocycles. The normalized spacial score (nSPS) is 12.0. The molecular weight excluding hydrogens is 376 g/mol. The highest BCUT2D eigenvalue weighted by molar-refractivity contribution is 5.73. The molecule has 0 fully saturated rings. The average molecular weight is 411 g/mol. The summed E-state index contributed by atoms with van der Waals surface area (Å²) < 4.78 is 6.14. The smallest absolute Gasteiger partial charge is 0.120 e. The van der Waals surface area contributed by atoms with E-state index in [9.17, 15) is 0 Å². The van der Waals surface area contributed by atoms with Crippen molar-refractivity contribution < 1.29 is 4.74 Å². The summed E-state index contributed by atoms with van der Waals surface area (Å²) in [7, 11) is 0. The fraction of sp³-hybridized carbons (Fsp3) is 0.200. The molecule has 0 spiro atoms. The Labute approximate surface area is 187 Å². The predicted molar refractivity (Wildman–Crippen MR) is 137 cm³/mol. The molecule has 31 heavy (non-hydrogen) atoms. The topological polar surface area (TPSA) is 9.23 Å². The van der Waals surface area contributed by atoms with Gasteiger partial charge in [-0.15, -0.1) is 6.58 Å². The van der Waals surface area contributed by atoms with Crippen LogP contribution in [0.4, 0.5) is 0 Å². The maximum atomic E-state index is 6.14. The zero-order valence-corrected chi connectivity index (χ0v) is 19.2. The summed E-state index contributed by atoms with van der Waals surface area (Å²) in [5, 5.41) is 2.13. The van der Waals surface area contributed by atoms with Gasteiger partial charge in [-0.2, -0.15) is 0 Å². The van der Waals surface area contributed by atoms with E-state index in [2.05, 4.69) is 83.5 Å². The first-order valence-electron chi connectivity index (χ1n) is 10.6. The van der Waals surface area contributed by atoms with Gasteiger partial charge in [0.25, 0.3) is 0 Å². The van der Waals surface area contributed by atoms with Crippen LogP contribution in [-0.2, 0) is 6.61 Å². The number of allylic oxidation sites excluding steroid dienone is 7. The molecule has 0 amide bonds. The van der Waals surface area contributed by atoms with Gasteiger partial charge in [0.1, 0.15) is 12.4 Å². The molecule has 0 aromatic heterocycles. The molecule has 160 valence electrons.